The molecular weight excluding hydrogens is 200 g/mol. The molecule has 0 aliphatic rings. The number of hydrogen-bond acceptors (Lipinski definition) is 4. The zero-order chi connectivity index (χ0) is 11.8. The zero-order valence-corrected chi connectivity index (χ0v) is 9.36. The van der Waals surface area contributed by atoms with Crippen LogP contribution in [-0.2, 0) is 19.1 Å². The number of ether oxygens (including phenoxy) is 2. The highest BCUT2D eigenvalue weighted by Crippen LogP contribution is 2.06. The molecule has 0 fully saturated rings. The monoisotopic (exact) mass is 218 g/mol. The van der Waals surface area contributed by atoms with Crippen LogP contribution in [-0.4, -0.2) is 37.4 Å². The van der Waals surface area contributed by atoms with Crippen molar-refractivity contribution in [1.82, 2.24) is 0 Å². The molecule has 0 saturated carbocycles. The second-order valence-corrected chi connectivity index (χ2v) is 3.67. The molecule has 0 aromatic heterocycles. The van der Waals surface area contributed by atoms with Crippen molar-refractivity contribution in [2.24, 2.45) is 11.8 Å². The van der Waals surface area contributed by atoms with E-state index in [-0.39, 0.29) is 13.0 Å². The van der Waals surface area contributed by atoms with Crippen molar-refractivity contribution in [3.05, 3.63) is 0 Å². The van der Waals surface area contributed by atoms with E-state index in [0.717, 1.165) is 0 Å². The molecule has 0 aliphatic heterocycles. The van der Waals surface area contributed by atoms with Crippen LogP contribution in [0.2, 0.25) is 0 Å². The summed E-state index contributed by atoms with van der Waals surface area (Å²) in [5.41, 5.74) is 0. The summed E-state index contributed by atoms with van der Waals surface area (Å²) in [6, 6.07) is 0. The molecule has 0 aromatic carbocycles. The maximum absolute atomic E-state index is 11.0. The highest BCUT2D eigenvalue weighted by atomic mass is 16.5. The Morgan fingerprint density at radius 1 is 1.33 bits per heavy atom. The van der Waals surface area contributed by atoms with Gasteiger partial charge in [0.25, 0.3) is 0 Å². The summed E-state index contributed by atoms with van der Waals surface area (Å²) < 4.78 is 9.58. The molecule has 1 N–H and O–H groups in total. The van der Waals surface area contributed by atoms with Gasteiger partial charge in [0.1, 0.15) is 0 Å². The average molecular weight is 218 g/mol. The molecule has 0 bridgehead atoms. The molecule has 1 atom stereocenters. The van der Waals surface area contributed by atoms with E-state index in [1.807, 2.05) is 13.8 Å². The molecule has 0 radical (unpaired) electrons. The maximum Gasteiger partial charge on any atom is 0.320 e. The predicted octanol–water partition coefficient (Wildman–Crippen LogP) is 0.923. The Hall–Kier alpha value is -1.10. The van der Waals surface area contributed by atoms with Gasteiger partial charge in [-0.1, -0.05) is 13.8 Å². The summed E-state index contributed by atoms with van der Waals surface area (Å²) in [5, 5.41) is 8.73. The first kappa shape index (κ1) is 13.9. The van der Waals surface area contributed by atoms with Gasteiger partial charge >= 0.3 is 11.9 Å². The lowest BCUT2D eigenvalue weighted by Crippen LogP contribution is -2.26. The van der Waals surface area contributed by atoms with Crippen LogP contribution in [0.25, 0.3) is 0 Å². The van der Waals surface area contributed by atoms with Crippen LogP contribution < -0.4 is 0 Å². The zero-order valence-electron chi connectivity index (χ0n) is 9.36. The van der Waals surface area contributed by atoms with E-state index in [1.165, 1.54) is 7.11 Å². The Labute approximate surface area is 89.4 Å². The van der Waals surface area contributed by atoms with Gasteiger partial charge in [-0.3, -0.25) is 9.59 Å². The van der Waals surface area contributed by atoms with E-state index in [9.17, 15) is 9.59 Å². The van der Waals surface area contributed by atoms with E-state index in [0.29, 0.717) is 12.5 Å². The van der Waals surface area contributed by atoms with Crippen molar-refractivity contribution in [1.29, 1.82) is 0 Å². The number of esters is 1. The van der Waals surface area contributed by atoms with Gasteiger partial charge in [0.15, 0.2) is 5.92 Å². The van der Waals surface area contributed by atoms with Crippen molar-refractivity contribution in [2.75, 3.05) is 20.3 Å². The summed E-state index contributed by atoms with van der Waals surface area (Å²) in [4.78, 5) is 21.7. The lowest BCUT2D eigenvalue weighted by atomic mass is 10.1. The van der Waals surface area contributed by atoms with Crippen molar-refractivity contribution in [3.8, 4) is 0 Å². The standard InChI is InChI=1S/C10H18O5/c1-7(2)6-15-5-4-8(9(11)12)10(13)14-3/h7-8H,4-6H2,1-3H3,(H,11,12). The highest BCUT2D eigenvalue weighted by Gasteiger charge is 2.26. The van der Waals surface area contributed by atoms with Gasteiger partial charge < -0.3 is 14.6 Å². The third-order valence-electron chi connectivity index (χ3n) is 1.79. The van der Waals surface area contributed by atoms with Crippen LogP contribution in [0.15, 0.2) is 0 Å². The maximum atomic E-state index is 11.0. The average Bonchev–Trinajstić information content (AvgIpc) is 2.15. The molecule has 0 saturated heterocycles. The van der Waals surface area contributed by atoms with Crippen LogP contribution in [0.1, 0.15) is 20.3 Å². The number of hydrogen-bond donors (Lipinski definition) is 1. The van der Waals surface area contributed by atoms with Gasteiger partial charge in [0, 0.05) is 13.2 Å². The number of carbonyl (C=O) groups is 2. The minimum absolute atomic E-state index is 0.148. The second-order valence-electron chi connectivity index (χ2n) is 3.67. The molecule has 0 heterocycles. The van der Waals surface area contributed by atoms with Crippen LogP contribution in [0.5, 0.6) is 0 Å². The number of methoxy groups -OCH3 is 1. The van der Waals surface area contributed by atoms with Crippen molar-refractivity contribution < 1.29 is 24.2 Å². The van der Waals surface area contributed by atoms with Crippen molar-refractivity contribution in [3.63, 3.8) is 0 Å². The third kappa shape index (κ3) is 6.06. The molecular formula is C10H18O5. The topological polar surface area (TPSA) is 72.8 Å². The molecule has 0 amide bonds. The molecule has 0 aliphatic carbocycles. The fraction of sp³-hybridized carbons (Fsp3) is 0.800. The van der Waals surface area contributed by atoms with E-state index in [2.05, 4.69) is 4.74 Å². The largest absolute Gasteiger partial charge is 0.481 e. The number of carbonyl (C=O) groups excluding carboxylic acids is 1. The van der Waals surface area contributed by atoms with Gasteiger partial charge in [-0.2, -0.15) is 0 Å². The molecule has 1 unspecified atom stereocenters. The molecule has 0 spiro atoms. The van der Waals surface area contributed by atoms with Crippen LogP contribution in [0.3, 0.4) is 0 Å². The third-order valence-corrected chi connectivity index (χ3v) is 1.79. The smallest absolute Gasteiger partial charge is 0.320 e. The number of rotatable bonds is 7. The quantitative estimate of drug-likeness (QED) is 0.391. The van der Waals surface area contributed by atoms with Crippen molar-refractivity contribution >= 4 is 11.9 Å². The minimum Gasteiger partial charge on any atom is -0.481 e. The van der Waals surface area contributed by atoms with E-state index in [1.54, 1.807) is 0 Å². The van der Waals surface area contributed by atoms with Gasteiger partial charge in [-0.15, -0.1) is 0 Å². The first-order valence-electron chi connectivity index (χ1n) is 4.87. The Morgan fingerprint density at radius 2 is 1.93 bits per heavy atom. The summed E-state index contributed by atoms with van der Waals surface area (Å²) in [7, 11) is 1.17. The number of carboxylic acid groups (broad SMARTS) is 1. The molecule has 0 aromatic rings. The fourth-order valence-corrected chi connectivity index (χ4v) is 1.00. The van der Waals surface area contributed by atoms with Crippen LogP contribution in [0.4, 0.5) is 0 Å². The Bertz CT molecular complexity index is 212. The van der Waals surface area contributed by atoms with Gasteiger partial charge in [-0.05, 0) is 12.3 Å². The predicted molar refractivity (Wildman–Crippen MR) is 53.4 cm³/mol. The lowest BCUT2D eigenvalue weighted by molar-refractivity contribution is -0.157. The Balaban J connectivity index is 3.87. The summed E-state index contributed by atoms with van der Waals surface area (Å²) in [6.07, 6.45) is 0.148. The van der Waals surface area contributed by atoms with Crippen LogP contribution >= 0.6 is 0 Å². The highest BCUT2D eigenvalue weighted by molar-refractivity contribution is 5.93. The normalized spacial score (nSPS) is 12.5. The SMILES string of the molecule is COC(=O)C(CCOCC(C)C)C(=O)O. The first-order chi connectivity index (χ1) is 6.99. The Kier molecular flexibility index (Phi) is 6.70. The molecule has 0 rings (SSSR count). The van der Waals surface area contributed by atoms with E-state index in [4.69, 9.17) is 9.84 Å². The minimum atomic E-state index is -1.17. The summed E-state index contributed by atoms with van der Waals surface area (Å²) >= 11 is 0. The number of aliphatic carboxylic acids is 1. The fourth-order valence-electron chi connectivity index (χ4n) is 1.00. The molecule has 5 nitrogen and oxygen atoms in total. The Morgan fingerprint density at radius 3 is 2.33 bits per heavy atom. The molecule has 15 heavy (non-hydrogen) atoms. The van der Waals surface area contributed by atoms with Gasteiger partial charge in [0.2, 0.25) is 0 Å². The van der Waals surface area contributed by atoms with Gasteiger partial charge in [-0.25, -0.2) is 0 Å². The van der Waals surface area contributed by atoms with Gasteiger partial charge in [0.05, 0.1) is 7.11 Å². The molecule has 5 heteroatoms. The van der Waals surface area contributed by atoms with Crippen LogP contribution in [0, 0.1) is 11.8 Å². The summed E-state index contributed by atoms with van der Waals surface area (Å²) in [6.45, 7) is 4.81. The number of carboxylic acids is 1. The second kappa shape index (κ2) is 7.23. The summed E-state index contributed by atoms with van der Waals surface area (Å²) in [5.74, 6) is -2.63. The lowest BCUT2D eigenvalue weighted by Gasteiger charge is -2.11. The van der Waals surface area contributed by atoms with E-state index >= 15 is 0 Å². The van der Waals surface area contributed by atoms with Crippen molar-refractivity contribution in [2.45, 2.75) is 20.3 Å². The van der Waals surface area contributed by atoms with E-state index < -0.39 is 17.9 Å². The molecule has 88 valence electrons. The first-order valence-corrected chi connectivity index (χ1v) is 4.87.